The zero-order chi connectivity index (χ0) is 16.6. The third kappa shape index (κ3) is 3.02. The fourth-order valence-electron chi connectivity index (χ4n) is 2.51. The van der Waals surface area contributed by atoms with E-state index in [-0.39, 0.29) is 18.0 Å². The van der Waals surface area contributed by atoms with Gasteiger partial charge in [0.25, 0.3) is 11.5 Å². The summed E-state index contributed by atoms with van der Waals surface area (Å²) in [7, 11) is 0. The zero-order valence-corrected chi connectivity index (χ0v) is 14.3. The average Bonchev–Trinajstić information content (AvgIpc) is 2.84. The fraction of sp³-hybridized carbons (Fsp3) is 0.176. The Balaban J connectivity index is 1.85. The number of hydrogen-bond acceptors (Lipinski definition) is 3. The Morgan fingerprint density at radius 3 is 2.74 bits per heavy atom. The predicted molar refractivity (Wildman–Crippen MR) is 94.5 cm³/mol. The van der Waals surface area contributed by atoms with Gasteiger partial charge in [-0.05, 0) is 31.5 Å². The van der Waals surface area contributed by atoms with Crippen molar-refractivity contribution in [3.63, 3.8) is 0 Å². The standard InChI is InChI=1S/C17H15ClN2O2S/c1-9-7-10(2)20-16(21)12(9)8-19-17(22)15-14(18)11-5-3-4-6-13(11)23-15/h3-7H,8H2,1-2H3,(H,19,22)(H,20,21). The van der Waals surface area contributed by atoms with Crippen LogP contribution >= 0.6 is 22.9 Å². The van der Waals surface area contributed by atoms with Gasteiger partial charge in [-0.25, -0.2) is 0 Å². The van der Waals surface area contributed by atoms with Gasteiger partial charge in [-0.2, -0.15) is 0 Å². The highest BCUT2D eigenvalue weighted by atomic mass is 35.5. The maximum atomic E-state index is 12.4. The van der Waals surface area contributed by atoms with Gasteiger partial charge in [-0.1, -0.05) is 29.8 Å². The SMILES string of the molecule is Cc1cc(C)c(CNC(=O)c2sc3ccccc3c2Cl)c(=O)[nH]1. The van der Waals surface area contributed by atoms with E-state index in [1.54, 1.807) is 0 Å². The van der Waals surface area contributed by atoms with E-state index in [0.717, 1.165) is 21.3 Å². The lowest BCUT2D eigenvalue weighted by atomic mass is 10.1. The Morgan fingerprint density at radius 1 is 1.30 bits per heavy atom. The lowest BCUT2D eigenvalue weighted by Gasteiger charge is -2.07. The third-order valence-corrected chi connectivity index (χ3v) is 5.33. The molecule has 2 N–H and O–H groups in total. The molecule has 2 aromatic heterocycles. The van der Waals surface area contributed by atoms with E-state index in [1.807, 2.05) is 44.2 Å². The summed E-state index contributed by atoms with van der Waals surface area (Å²) < 4.78 is 0.965. The van der Waals surface area contributed by atoms with Gasteiger partial charge in [0, 0.05) is 27.9 Å². The van der Waals surface area contributed by atoms with E-state index in [0.29, 0.717) is 15.5 Å². The van der Waals surface area contributed by atoms with Crippen molar-refractivity contribution < 1.29 is 4.79 Å². The van der Waals surface area contributed by atoms with Crippen LogP contribution in [0.3, 0.4) is 0 Å². The largest absolute Gasteiger partial charge is 0.347 e. The molecular formula is C17H15ClN2O2S. The smallest absolute Gasteiger partial charge is 0.263 e. The molecule has 2 heterocycles. The van der Waals surface area contributed by atoms with Crippen molar-refractivity contribution in [2.24, 2.45) is 0 Å². The number of rotatable bonds is 3. The molecule has 6 heteroatoms. The van der Waals surface area contributed by atoms with Crippen LogP contribution < -0.4 is 10.9 Å². The van der Waals surface area contributed by atoms with Crippen molar-refractivity contribution in [1.29, 1.82) is 0 Å². The second-order valence-corrected chi connectivity index (χ2v) is 6.80. The van der Waals surface area contributed by atoms with E-state index >= 15 is 0 Å². The van der Waals surface area contributed by atoms with E-state index in [2.05, 4.69) is 10.3 Å². The minimum absolute atomic E-state index is 0.171. The van der Waals surface area contributed by atoms with Crippen molar-refractivity contribution in [2.45, 2.75) is 20.4 Å². The summed E-state index contributed by atoms with van der Waals surface area (Å²) in [6.07, 6.45) is 0. The van der Waals surface area contributed by atoms with Crippen molar-refractivity contribution in [3.8, 4) is 0 Å². The third-order valence-electron chi connectivity index (χ3n) is 3.66. The maximum absolute atomic E-state index is 12.4. The van der Waals surface area contributed by atoms with Gasteiger partial charge in [0.15, 0.2) is 0 Å². The van der Waals surface area contributed by atoms with Gasteiger partial charge in [0.05, 0.1) is 5.02 Å². The van der Waals surface area contributed by atoms with Crippen LogP contribution in [-0.2, 0) is 6.54 Å². The van der Waals surface area contributed by atoms with Gasteiger partial charge < -0.3 is 10.3 Å². The summed E-state index contributed by atoms with van der Waals surface area (Å²) >= 11 is 7.65. The number of thiophene rings is 1. The molecule has 0 atom stereocenters. The molecule has 0 unspecified atom stereocenters. The summed E-state index contributed by atoms with van der Waals surface area (Å²) in [5.41, 5.74) is 2.04. The van der Waals surface area contributed by atoms with Crippen LogP contribution in [0, 0.1) is 13.8 Å². The first kappa shape index (κ1) is 15.8. The molecule has 4 nitrogen and oxygen atoms in total. The number of fused-ring (bicyclic) bond motifs is 1. The molecule has 0 aliphatic carbocycles. The number of hydrogen-bond donors (Lipinski definition) is 2. The van der Waals surface area contributed by atoms with Crippen molar-refractivity contribution in [2.75, 3.05) is 0 Å². The molecule has 0 radical (unpaired) electrons. The first-order valence-electron chi connectivity index (χ1n) is 7.12. The number of carbonyl (C=O) groups is 1. The highest BCUT2D eigenvalue weighted by Gasteiger charge is 2.17. The van der Waals surface area contributed by atoms with Crippen LogP contribution in [0.25, 0.3) is 10.1 Å². The first-order valence-corrected chi connectivity index (χ1v) is 8.31. The monoisotopic (exact) mass is 346 g/mol. The summed E-state index contributed by atoms with van der Waals surface area (Å²) in [5.74, 6) is -0.268. The normalized spacial score (nSPS) is 10.9. The quantitative estimate of drug-likeness (QED) is 0.758. The number of amides is 1. The first-order chi connectivity index (χ1) is 11.0. The second kappa shape index (κ2) is 6.18. The summed E-state index contributed by atoms with van der Waals surface area (Å²) in [4.78, 5) is 27.6. The predicted octanol–water partition coefficient (Wildman–Crippen LogP) is 3.79. The molecule has 118 valence electrons. The van der Waals surface area contributed by atoms with E-state index < -0.39 is 0 Å². The molecule has 0 bridgehead atoms. The Bertz CT molecular complexity index is 959. The molecule has 0 aliphatic rings. The molecule has 3 rings (SSSR count). The highest BCUT2D eigenvalue weighted by molar-refractivity contribution is 7.21. The number of halogens is 1. The van der Waals surface area contributed by atoms with Gasteiger partial charge in [0.1, 0.15) is 4.88 Å². The van der Waals surface area contributed by atoms with Gasteiger partial charge in [-0.3, -0.25) is 9.59 Å². The number of carbonyl (C=O) groups excluding carboxylic acids is 1. The van der Waals surface area contributed by atoms with E-state index in [9.17, 15) is 9.59 Å². The Morgan fingerprint density at radius 2 is 2.04 bits per heavy atom. The lowest BCUT2D eigenvalue weighted by molar-refractivity contribution is 0.0955. The zero-order valence-electron chi connectivity index (χ0n) is 12.7. The Labute approximate surface area is 142 Å². The van der Waals surface area contributed by atoms with Crippen LogP contribution in [0.4, 0.5) is 0 Å². The minimum Gasteiger partial charge on any atom is -0.347 e. The lowest BCUT2D eigenvalue weighted by Crippen LogP contribution is -2.27. The second-order valence-electron chi connectivity index (χ2n) is 5.37. The topological polar surface area (TPSA) is 62.0 Å². The summed E-state index contributed by atoms with van der Waals surface area (Å²) in [6.45, 7) is 3.86. The molecular weight excluding hydrogens is 332 g/mol. The molecule has 0 saturated carbocycles. The average molecular weight is 347 g/mol. The van der Waals surface area contributed by atoms with E-state index in [4.69, 9.17) is 11.6 Å². The highest BCUT2D eigenvalue weighted by Crippen LogP contribution is 2.34. The number of nitrogens with one attached hydrogen (secondary N) is 2. The van der Waals surface area contributed by atoms with Gasteiger partial charge in [-0.15, -0.1) is 11.3 Å². The summed E-state index contributed by atoms with van der Waals surface area (Å²) in [6, 6.07) is 9.50. The minimum atomic E-state index is -0.268. The van der Waals surface area contributed by atoms with Crippen LogP contribution in [0.2, 0.25) is 5.02 Å². The van der Waals surface area contributed by atoms with Crippen LogP contribution in [-0.4, -0.2) is 10.9 Å². The van der Waals surface area contributed by atoms with Crippen LogP contribution in [0.1, 0.15) is 26.5 Å². The molecule has 23 heavy (non-hydrogen) atoms. The molecule has 0 saturated heterocycles. The van der Waals surface area contributed by atoms with Crippen molar-refractivity contribution in [1.82, 2.24) is 10.3 Å². The van der Waals surface area contributed by atoms with Crippen LogP contribution in [0.5, 0.6) is 0 Å². The van der Waals surface area contributed by atoms with E-state index in [1.165, 1.54) is 11.3 Å². The Kier molecular flexibility index (Phi) is 4.24. The summed E-state index contributed by atoms with van der Waals surface area (Å²) in [5, 5.41) is 4.11. The number of aromatic nitrogens is 1. The van der Waals surface area contributed by atoms with Crippen molar-refractivity contribution in [3.05, 3.63) is 67.4 Å². The molecule has 0 aliphatic heterocycles. The van der Waals surface area contributed by atoms with Gasteiger partial charge >= 0.3 is 0 Å². The van der Waals surface area contributed by atoms with Crippen molar-refractivity contribution >= 4 is 38.9 Å². The molecule has 1 aromatic carbocycles. The van der Waals surface area contributed by atoms with Gasteiger partial charge in [0.2, 0.25) is 0 Å². The number of pyridine rings is 1. The molecule has 1 amide bonds. The van der Waals surface area contributed by atoms with Crippen LogP contribution in [0.15, 0.2) is 35.1 Å². The number of benzene rings is 1. The Hall–Kier alpha value is -2.11. The number of aromatic amines is 1. The maximum Gasteiger partial charge on any atom is 0.263 e. The number of aryl methyl sites for hydroxylation is 2. The molecule has 0 spiro atoms. The molecule has 0 fully saturated rings. The molecule has 3 aromatic rings. The fourth-order valence-corrected chi connectivity index (χ4v) is 3.94. The number of H-pyrrole nitrogens is 1.